The molecule has 1 aliphatic rings. The van der Waals surface area contributed by atoms with Crippen LogP contribution >= 0.6 is 0 Å². The molecule has 1 saturated carbocycles. The van der Waals surface area contributed by atoms with Crippen molar-refractivity contribution >= 4 is 11.9 Å². The topological polar surface area (TPSA) is 57.6 Å². The molecule has 0 aromatic heterocycles. The molecule has 0 radical (unpaired) electrons. The second kappa shape index (κ2) is 7.09. The predicted octanol–water partition coefficient (Wildman–Crippen LogP) is 3.30. The molecule has 0 aromatic carbocycles. The molecule has 4 nitrogen and oxygen atoms in total. The molecule has 4 heteroatoms. The molecule has 0 heterocycles. The number of carbonyl (C=O) groups is 2. The van der Waals surface area contributed by atoms with Gasteiger partial charge in [0.15, 0.2) is 0 Å². The molecule has 116 valence electrons. The third kappa shape index (κ3) is 5.14. The van der Waals surface area contributed by atoms with E-state index in [1.54, 1.807) is 11.8 Å². The number of carboxylic acids is 1. The van der Waals surface area contributed by atoms with Crippen LogP contribution in [0.25, 0.3) is 0 Å². The third-order valence-corrected chi connectivity index (χ3v) is 4.18. The van der Waals surface area contributed by atoms with Gasteiger partial charge in [-0.3, -0.25) is 9.59 Å². The molecule has 1 fully saturated rings. The van der Waals surface area contributed by atoms with Gasteiger partial charge in [-0.15, -0.1) is 0 Å². The molecule has 1 aliphatic carbocycles. The average molecular weight is 283 g/mol. The smallest absolute Gasteiger partial charge is 0.308 e. The van der Waals surface area contributed by atoms with Crippen molar-refractivity contribution in [3.05, 3.63) is 0 Å². The monoisotopic (exact) mass is 283 g/mol. The normalized spacial score (nSPS) is 18.6. The minimum atomic E-state index is -0.843. The van der Waals surface area contributed by atoms with Crippen molar-refractivity contribution < 1.29 is 14.7 Å². The van der Waals surface area contributed by atoms with Gasteiger partial charge in [0.1, 0.15) is 0 Å². The van der Waals surface area contributed by atoms with Crippen molar-refractivity contribution in [1.29, 1.82) is 0 Å². The minimum absolute atomic E-state index is 0.109. The van der Waals surface area contributed by atoms with E-state index in [9.17, 15) is 9.59 Å². The molecule has 1 N–H and O–H groups in total. The number of nitrogens with zero attached hydrogens (tertiary/aromatic N) is 1. The largest absolute Gasteiger partial charge is 0.481 e. The summed E-state index contributed by atoms with van der Waals surface area (Å²) in [6.45, 7) is 7.88. The molecule has 1 unspecified atom stereocenters. The van der Waals surface area contributed by atoms with Crippen LogP contribution in [0.2, 0.25) is 0 Å². The van der Waals surface area contributed by atoms with E-state index in [4.69, 9.17) is 5.11 Å². The van der Waals surface area contributed by atoms with Gasteiger partial charge >= 0.3 is 5.97 Å². The fourth-order valence-electron chi connectivity index (χ4n) is 2.85. The first kappa shape index (κ1) is 17.0. The summed E-state index contributed by atoms with van der Waals surface area (Å²) in [5, 5.41) is 9.06. The van der Waals surface area contributed by atoms with Crippen molar-refractivity contribution in [1.82, 2.24) is 4.90 Å². The Bertz CT molecular complexity index is 340. The number of carboxylic acid groups (broad SMARTS) is 1. The summed E-state index contributed by atoms with van der Waals surface area (Å²) in [7, 11) is 0. The summed E-state index contributed by atoms with van der Waals surface area (Å²) < 4.78 is 0. The van der Waals surface area contributed by atoms with Crippen molar-refractivity contribution in [2.24, 2.45) is 11.8 Å². The molecule has 0 saturated heterocycles. The van der Waals surface area contributed by atoms with Gasteiger partial charge in [-0.1, -0.05) is 26.2 Å². The van der Waals surface area contributed by atoms with Crippen molar-refractivity contribution in [3.63, 3.8) is 0 Å². The van der Waals surface area contributed by atoms with Crippen molar-refractivity contribution in [2.45, 2.75) is 71.8 Å². The Labute approximate surface area is 122 Å². The zero-order chi connectivity index (χ0) is 15.3. The third-order valence-electron chi connectivity index (χ3n) is 4.18. The van der Waals surface area contributed by atoms with Crippen molar-refractivity contribution in [3.8, 4) is 0 Å². The first-order valence-corrected chi connectivity index (χ1v) is 7.75. The molecule has 0 aliphatic heterocycles. The highest BCUT2D eigenvalue weighted by Gasteiger charge is 2.31. The molecule has 0 aromatic rings. The Kier molecular flexibility index (Phi) is 6.03. The quantitative estimate of drug-likeness (QED) is 0.842. The van der Waals surface area contributed by atoms with Crippen molar-refractivity contribution in [2.75, 3.05) is 6.54 Å². The fraction of sp³-hybridized carbons (Fsp3) is 0.875. The van der Waals surface area contributed by atoms with Gasteiger partial charge < -0.3 is 10.0 Å². The van der Waals surface area contributed by atoms with E-state index in [2.05, 4.69) is 0 Å². The Morgan fingerprint density at radius 1 is 1.20 bits per heavy atom. The van der Waals surface area contributed by atoms with Crippen LogP contribution in [-0.4, -0.2) is 34.0 Å². The van der Waals surface area contributed by atoms with Crippen LogP contribution in [0.1, 0.15) is 66.2 Å². The highest BCUT2D eigenvalue weighted by atomic mass is 16.4. The molecule has 20 heavy (non-hydrogen) atoms. The zero-order valence-electron chi connectivity index (χ0n) is 13.3. The molecular formula is C16H29NO3. The second-order valence-corrected chi connectivity index (χ2v) is 7.12. The van der Waals surface area contributed by atoms with Gasteiger partial charge in [0.05, 0.1) is 5.92 Å². The van der Waals surface area contributed by atoms with Gasteiger partial charge in [0.2, 0.25) is 5.91 Å². The Hall–Kier alpha value is -1.06. The number of carbonyl (C=O) groups excluding carboxylic acids is 1. The average Bonchev–Trinajstić information content (AvgIpc) is 2.35. The van der Waals surface area contributed by atoms with Gasteiger partial charge in [-0.2, -0.15) is 0 Å². The number of hydrogen-bond acceptors (Lipinski definition) is 2. The van der Waals surface area contributed by atoms with Crippen LogP contribution in [0, 0.1) is 11.8 Å². The van der Waals surface area contributed by atoms with Crippen LogP contribution in [0.3, 0.4) is 0 Å². The van der Waals surface area contributed by atoms with E-state index >= 15 is 0 Å². The zero-order valence-corrected chi connectivity index (χ0v) is 13.3. The fourth-order valence-corrected chi connectivity index (χ4v) is 2.85. The van der Waals surface area contributed by atoms with Gasteiger partial charge in [0, 0.05) is 18.5 Å². The van der Waals surface area contributed by atoms with Gasteiger partial charge in [0.25, 0.3) is 0 Å². The summed E-state index contributed by atoms with van der Waals surface area (Å²) in [5.74, 6) is -0.770. The molecule has 1 rings (SSSR count). The molecule has 1 amide bonds. The predicted molar refractivity (Wildman–Crippen MR) is 79.5 cm³/mol. The van der Waals surface area contributed by atoms with Crippen LogP contribution in [-0.2, 0) is 9.59 Å². The van der Waals surface area contributed by atoms with E-state index in [1.165, 1.54) is 19.3 Å². The molecule has 0 spiro atoms. The van der Waals surface area contributed by atoms with E-state index < -0.39 is 11.9 Å². The number of rotatable bonds is 5. The van der Waals surface area contributed by atoms with E-state index in [-0.39, 0.29) is 11.4 Å². The standard InChI is InChI=1S/C16H29NO3/c1-12(15(19)20)11-17(16(2,3)4)14(18)10-13-8-6-5-7-9-13/h12-13H,5-11H2,1-4H3,(H,19,20). The van der Waals surface area contributed by atoms with E-state index in [0.29, 0.717) is 18.9 Å². The molecular weight excluding hydrogens is 254 g/mol. The Morgan fingerprint density at radius 3 is 2.20 bits per heavy atom. The first-order chi connectivity index (χ1) is 9.21. The maximum atomic E-state index is 12.5. The maximum Gasteiger partial charge on any atom is 0.308 e. The Balaban J connectivity index is 2.66. The highest BCUT2D eigenvalue weighted by molar-refractivity contribution is 5.78. The van der Waals surface area contributed by atoms with E-state index in [1.807, 2.05) is 20.8 Å². The lowest BCUT2D eigenvalue weighted by atomic mass is 9.86. The number of hydrogen-bond donors (Lipinski definition) is 1. The van der Waals surface area contributed by atoms with Gasteiger partial charge in [-0.05, 0) is 39.5 Å². The lowest BCUT2D eigenvalue weighted by Gasteiger charge is -2.38. The lowest BCUT2D eigenvalue weighted by Crippen LogP contribution is -2.49. The summed E-state index contributed by atoms with van der Waals surface area (Å²) in [4.78, 5) is 25.3. The number of aliphatic carboxylic acids is 1. The van der Waals surface area contributed by atoms with Crippen LogP contribution in [0.4, 0.5) is 0 Å². The van der Waals surface area contributed by atoms with Crippen LogP contribution in [0.5, 0.6) is 0 Å². The van der Waals surface area contributed by atoms with E-state index in [0.717, 1.165) is 12.8 Å². The summed E-state index contributed by atoms with van der Waals surface area (Å²) in [6.07, 6.45) is 6.57. The summed E-state index contributed by atoms with van der Waals surface area (Å²) in [6, 6.07) is 0. The second-order valence-electron chi connectivity index (χ2n) is 7.12. The Morgan fingerprint density at radius 2 is 1.75 bits per heavy atom. The first-order valence-electron chi connectivity index (χ1n) is 7.75. The van der Waals surface area contributed by atoms with Gasteiger partial charge in [-0.25, -0.2) is 0 Å². The maximum absolute atomic E-state index is 12.5. The lowest BCUT2D eigenvalue weighted by molar-refractivity contribution is -0.145. The number of amides is 1. The summed E-state index contributed by atoms with van der Waals surface area (Å²) >= 11 is 0. The molecule has 0 bridgehead atoms. The SMILES string of the molecule is CC(CN(C(=O)CC1CCCCC1)C(C)(C)C)C(=O)O. The van der Waals surface area contributed by atoms with Crippen LogP contribution < -0.4 is 0 Å². The summed E-state index contributed by atoms with van der Waals surface area (Å²) in [5.41, 5.74) is -0.324. The minimum Gasteiger partial charge on any atom is -0.481 e. The highest BCUT2D eigenvalue weighted by Crippen LogP contribution is 2.28. The van der Waals surface area contributed by atoms with Crippen LogP contribution in [0.15, 0.2) is 0 Å². The molecule has 1 atom stereocenters.